The number of phenolic OH excluding ortho intramolecular Hbond substituents is 1. The Morgan fingerprint density at radius 1 is 0.973 bits per heavy atom. The van der Waals surface area contributed by atoms with Crippen molar-refractivity contribution >= 4 is 22.9 Å². The van der Waals surface area contributed by atoms with Gasteiger partial charge < -0.3 is 30.2 Å². The maximum Gasteiger partial charge on any atom is 0.328 e. The lowest BCUT2D eigenvalue weighted by Gasteiger charge is -2.32. The van der Waals surface area contributed by atoms with Gasteiger partial charge in [-0.25, -0.2) is 14.0 Å². The van der Waals surface area contributed by atoms with Crippen LogP contribution in [0, 0.1) is 5.82 Å². The van der Waals surface area contributed by atoms with Crippen LogP contribution in [0.5, 0.6) is 5.75 Å². The van der Waals surface area contributed by atoms with E-state index in [1.54, 1.807) is 12.1 Å². The van der Waals surface area contributed by atoms with E-state index < -0.39 is 11.9 Å². The number of rotatable bonds is 6. The molecule has 1 saturated heterocycles. The summed E-state index contributed by atoms with van der Waals surface area (Å²) in [5, 5.41) is 30.4. The number of carbonyl (C=O) groups is 2. The first-order valence-electron chi connectivity index (χ1n) is 11.7. The van der Waals surface area contributed by atoms with Gasteiger partial charge in [0.1, 0.15) is 11.6 Å². The number of nitrogens with zero attached hydrogens (tertiary/aromatic N) is 3. The van der Waals surface area contributed by atoms with Crippen molar-refractivity contribution in [3.8, 4) is 5.75 Å². The minimum Gasteiger partial charge on any atom is -0.508 e. The third-order valence-electron chi connectivity index (χ3n) is 6.51. The molecule has 2 aliphatic rings. The largest absolute Gasteiger partial charge is 0.508 e. The van der Waals surface area contributed by atoms with E-state index in [-0.39, 0.29) is 11.3 Å². The third-order valence-corrected chi connectivity index (χ3v) is 6.51. The number of piperidine rings is 1. The lowest BCUT2D eigenvalue weighted by atomic mass is 9.91. The van der Waals surface area contributed by atoms with Gasteiger partial charge in [-0.3, -0.25) is 4.90 Å². The Bertz CT molecular complexity index is 1250. The lowest BCUT2D eigenvalue weighted by Crippen LogP contribution is -2.38. The Kier molecular flexibility index (Phi) is 9.34. The van der Waals surface area contributed by atoms with E-state index in [1.807, 2.05) is 12.1 Å². The normalized spacial score (nSPS) is 16.2. The molecule has 0 unspecified atom stereocenters. The van der Waals surface area contributed by atoms with Crippen molar-refractivity contribution in [3.05, 3.63) is 71.2 Å². The fourth-order valence-electron chi connectivity index (χ4n) is 4.69. The number of aromatic nitrogens is 1. The number of aromatic hydroxyl groups is 1. The number of carboxylic acids is 2. The molecule has 11 heteroatoms. The minimum absolute atomic E-state index is 0. The molecular formula is C26H30FN3O7. The average molecular weight is 516 g/mol. The lowest BCUT2D eigenvalue weighted by molar-refractivity contribution is -0.134. The first kappa shape index (κ1) is 27.8. The van der Waals surface area contributed by atoms with Crippen LogP contribution in [0.15, 0.2) is 53.1 Å². The standard InChI is InChI=1S/C22H24FN3O2.C4H4O4.H2O/c23-18-2-4-20-21(12-18)28-24-22(20)15-5-7-25(8-6-15)9-10-26-13-16-1-3-19(27)11-17(16)14-26;5-3(6)1-2-4(7)8;/h1-4,11-12,15,27H,5-10,13-14H2;1-2H,(H,5,6)(H,7,8);1H2/b;2-1+;. The van der Waals surface area contributed by atoms with E-state index in [0.29, 0.717) is 29.4 Å². The predicted octanol–water partition coefficient (Wildman–Crippen LogP) is 2.75. The summed E-state index contributed by atoms with van der Waals surface area (Å²) in [5.41, 5.74) is 4.08. The average Bonchev–Trinajstić information content (AvgIpc) is 3.45. The van der Waals surface area contributed by atoms with Gasteiger partial charge in [-0.15, -0.1) is 0 Å². The summed E-state index contributed by atoms with van der Waals surface area (Å²) in [5.74, 6) is -2.07. The van der Waals surface area contributed by atoms with Crippen LogP contribution < -0.4 is 0 Å². The van der Waals surface area contributed by atoms with Crippen LogP contribution in [0.1, 0.15) is 35.6 Å². The van der Waals surface area contributed by atoms with Crippen LogP contribution in [0.4, 0.5) is 4.39 Å². The van der Waals surface area contributed by atoms with Crippen molar-refractivity contribution in [2.45, 2.75) is 31.8 Å². The molecular weight excluding hydrogens is 485 g/mol. The van der Waals surface area contributed by atoms with E-state index in [2.05, 4.69) is 15.0 Å². The summed E-state index contributed by atoms with van der Waals surface area (Å²) in [4.78, 5) is 24.1. The van der Waals surface area contributed by atoms with E-state index in [0.717, 1.165) is 63.2 Å². The molecule has 0 atom stereocenters. The highest BCUT2D eigenvalue weighted by atomic mass is 19.1. The summed E-state index contributed by atoms with van der Waals surface area (Å²) in [6, 6.07) is 10.4. The number of likely N-dealkylation sites (tertiary alicyclic amines) is 1. The molecule has 0 saturated carbocycles. The molecule has 2 aromatic carbocycles. The monoisotopic (exact) mass is 515 g/mol. The van der Waals surface area contributed by atoms with E-state index in [9.17, 15) is 19.1 Å². The summed E-state index contributed by atoms with van der Waals surface area (Å²) in [6.45, 7) is 6.06. The zero-order valence-corrected chi connectivity index (χ0v) is 20.1. The summed E-state index contributed by atoms with van der Waals surface area (Å²) < 4.78 is 18.7. The zero-order valence-electron chi connectivity index (χ0n) is 20.1. The molecule has 0 amide bonds. The molecule has 5 N–H and O–H groups in total. The van der Waals surface area contributed by atoms with Gasteiger partial charge in [-0.05, 0) is 61.3 Å². The van der Waals surface area contributed by atoms with Crippen molar-refractivity contribution in [3.63, 3.8) is 0 Å². The minimum atomic E-state index is -1.26. The van der Waals surface area contributed by atoms with Crippen LogP contribution in [-0.2, 0) is 22.7 Å². The van der Waals surface area contributed by atoms with Gasteiger partial charge in [-0.2, -0.15) is 0 Å². The number of aliphatic carboxylic acids is 2. The van der Waals surface area contributed by atoms with Crippen LogP contribution in [0.2, 0.25) is 0 Å². The Morgan fingerprint density at radius 3 is 2.30 bits per heavy atom. The number of hydrogen-bond acceptors (Lipinski definition) is 7. The summed E-state index contributed by atoms with van der Waals surface area (Å²) >= 11 is 0. The molecule has 37 heavy (non-hydrogen) atoms. The van der Waals surface area contributed by atoms with E-state index in [1.165, 1.54) is 23.3 Å². The highest BCUT2D eigenvalue weighted by Crippen LogP contribution is 2.33. The topological polar surface area (TPSA) is 159 Å². The van der Waals surface area contributed by atoms with Crippen LogP contribution in [0.25, 0.3) is 11.0 Å². The molecule has 3 heterocycles. The summed E-state index contributed by atoms with van der Waals surface area (Å²) in [7, 11) is 0. The van der Waals surface area contributed by atoms with Gasteiger partial charge in [0.05, 0.1) is 5.69 Å². The summed E-state index contributed by atoms with van der Waals surface area (Å²) in [6.07, 6.45) is 3.21. The van der Waals surface area contributed by atoms with Gasteiger partial charge in [0.15, 0.2) is 5.58 Å². The first-order chi connectivity index (χ1) is 17.3. The highest BCUT2D eigenvalue weighted by Gasteiger charge is 2.26. The van der Waals surface area contributed by atoms with E-state index >= 15 is 0 Å². The van der Waals surface area contributed by atoms with E-state index in [4.69, 9.17) is 14.7 Å². The number of phenols is 1. The molecule has 0 aliphatic carbocycles. The number of hydrogen-bond donors (Lipinski definition) is 3. The van der Waals surface area contributed by atoms with Crippen molar-refractivity contribution in [2.24, 2.45) is 0 Å². The quantitative estimate of drug-likeness (QED) is 0.420. The molecule has 0 spiro atoms. The van der Waals surface area contributed by atoms with Gasteiger partial charge in [-0.1, -0.05) is 11.2 Å². The van der Waals surface area contributed by atoms with Gasteiger partial charge in [0, 0.05) is 55.7 Å². The molecule has 5 rings (SSSR count). The second-order valence-corrected chi connectivity index (χ2v) is 9.00. The fraction of sp³-hybridized carbons (Fsp3) is 0.346. The number of carboxylic acid groups (broad SMARTS) is 2. The third kappa shape index (κ3) is 7.35. The second kappa shape index (κ2) is 12.4. The molecule has 10 nitrogen and oxygen atoms in total. The van der Waals surface area contributed by atoms with Gasteiger partial charge in [0.2, 0.25) is 0 Å². The maximum atomic E-state index is 13.3. The predicted molar refractivity (Wildman–Crippen MR) is 133 cm³/mol. The molecule has 1 fully saturated rings. The molecule has 3 aromatic rings. The molecule has 2 aliphatic heterocycles. The molecule has 198 valence electrons. The maximum absolute atomic E-state index is 13.3. The van der Waals surface area contributed by atoms with Crippen molar-refractivity contribution < 1.29 is 39.3 Å². The Balaban J connectivity index is 0.000000370. The van der Waals surface area contributed by atoms with Gasteiger partial charge in [0.25, 0.3) is 0 Å². The fourth-order valence-corrected chi connectivity index (χ4v) is 4.69. The van der Waals surface area contributed by atoms with Crippen LogP contribution in [-0.4, -0.2) is 73.9 Å². The second-order valence-electron chi connectivity index (χ2n) is 9.00. The van der Waals surface area contributed by atoms with Crippen LogP contribution in [0.3, 0.4) is 0 Å². The number of benzene rings is 2. The first-order valence-corrected chi connectivity index (χ1v) is 11.7. The van der Waals surface area contributed by atoms with Gasteiger partial charge >= 0.3 is 11.9 Å². The highest BCUT2D eigenvalue weighted by molar-refractivity contribution is 5.89. The Hall–Kier alpha value is -3.80. The zero-order chi connectivity index (χ0) is 25.7. The SMILES string of the molecule is O.O=C(O)/C=C/C(=O)O.Oc1ccc2c(c1)CN(CCN1CCC(c3noc4cc(F)ccc34)CC1)C2. The van der Waals surface area contributed by atoms with Crippen molar-refractivity contribution in [1.82, 2.24) is 15.0 Å². The smallest absolute Gasteiger partial charge is 0.328 e. The number of halogens is 1. The van der Waals surface area contributed by atoms with Crippen molar-refractivity contribution in [2.75, 3.05) is 26.2 Å². The molecule has 1 aromatic heterocycles. The van der Waals surface area contributed by atoms with Crippen molar-refractivity contribution in [1.29, 1.82) is 0 Å². The van der Waals surface area contributed by atoms with Crippen LogP contribution >= 0.6 is 0 Å². The molecule has 0 bridgehead atoms. The number of fused-ring (bicyclic) bond motifs is 2. The Labute approximate surface area is 212 Å². The Morgan fingerprint density at radius 2 is 1.62 bits per heavy atom. The molecule has 0 radical (unpaired) electrons.